The van der Waals surface area contributed by atoms with Gasteiger partial charge in [-0.05, 0) is 56.7 Å². The van der Waals surface area contributed by atoms with Crippen molar-refractivity contribution in [2.24, 2.45) is 5.92 Å². The first kappa shape index (κ1) is 27.2. The van der Waals surface area contributed by atoms with Crippen molar-refractivity contribution in [3.05, 3.63) is 42.6 Å². The molecule has 4 N–H and O–H groups in total. The Morgan fingerprint density at radius 2 is 1.97 bits per heavy atom. The van der Waals surface area contributed by atoms with Crippen LogP contribution in [-0.2, 0) is 20.9 Å². The summed E-state index contributed by atoms with van der Waals surface area (Å²) in [4.78, 5) is 33.0. The maximum atomic E-state index is 12.7. The molecule has 3 heterocycles. The highest BCUT2D eigenvalue weighted by atomic mass is 16.5. The minimum absolute atomic E-state index is 0.0278. The largest absolute Gasteiger partial charge is 0.390 e. The van der Waals surface area contributed by atoms with Gasteiger partial charge in [-0.2, -0.15) is 5.10 Å². The van der Waals surface area contributed by atoms with Gasteiger partial charge in [0.15, 0.2) is 11.6 Å². The molecule has 3 atom stereocenters. The lowest BCUT2D eigenvalue weighted by molar-refractivity contribution is -0.123. The number of aromatic nitrogens is 4. The van der Waals surface area contributed by atoms with Gasteiger partial charge < -0.3 is 25.8 Å². The van der Waals surface area contributed by atoms with E-state index < -0.39 is 6.10 Å². The third-order valence-corrected chi connectivity index (χ3v) is 7.55. The molecule has 0 bridgehead atoms. The Bertz CT molecular complexity index is 1290. The first-order chi connectivity index (χ1) is 18.9. The maximum absolute atomic E-state index is 12.7. The number of amides is 2. The van der Waals surface area contributed by atoms with E-state index in [1.807, 2.05) is 38.2 Å². The van der Waals surface area contributed by atoms with Crippen LogP contribution in [0.15, 0.2) is 36.8 Å². The number of aliphatic hydroxyl groups is 1. The first-order valence-electron chi connectivity index (χ1n) is 13.8. The van der Waals surface area contributed by atoms with Gasteiger partial charge in [-0.15, -0.1) is 0 Å². The standard InChI is InChI=1S/C28H37N7O4/c1-3-27(37)31-13-17(2)32-21-9-19(10-21)28(38)33-25-12-22-11-18(7-8-35(22)34-25)20-14-29-26(30-15-20)16-39-24-6-4-5-23(24)36/h7-8,11-12,14-15,17,19,21,23-24,32,36H,3-6,9-10,13,16H2,1-2H3,(H,31,37)(H,33,34,38)/t17-,19?,21?,23-,24-/m0/s1. The fourth-order valence-electron chi connectivity index (χ4n) is 5.15. The number of hydrogen-bond donors (Lipinski definition) is 4. The summed E-state index contributed by atoms with van der Waals surface area (Å²) in [5.74, 6) is 1.06. The molecule has 3 aromatic rings. The normalized spacial score (nSPS) is 23.4. The average molecular weight is 536 g/mol. The monoisotopic (exact) mass is 535 g/mol. The van der Waals surface area contributed by atoms with E-state index in [0.717, 1.165) is 48.7 Å². The van der Waals surface area contributed by atoms with Crippen LogP contribution in [-0.4, -0.2) is 67.3 Å². The van der Waals surface area contributed by atoms with E-state index in [1.165, 1.54) is 0 Å². The maximum Gasteiger partial charge on any atom is 0.228 e. The fraction of sp³-hybridized carbons (Fsp3) is 0.536. The molecule has 2 fully saturated rings. The predicted molar refractivity (Wildman–Crippen MR) is 146 cm³/mol. The molecule has 2 aliphatic carbocycles. The lowest BCUT2D eigenvalue weighted by atomic mass is 9.79. The number of carbonyl (C=O) groups is 2. The molecule has 11 heteroatoms. The van der Waals surface area contributed by atoms with Crippen LogP contribution in [0.4, 0.5) is 5.82 Å². The number of carbonyl (C=O) groups excluding carboxylic acids is 2. The second kappa shape index (κ2) is 12.2. The van der Waals surface area contributed by atoms with Gasteiger partial charge in [0.05, 0.1) is 17.7 Å². The number of pyridine rings is 1. The molecule has 0 unspecified atom stereocenters. The van der Waals surface area contributed by atoms with Crippen LogP contribution in [0.1, 0.15) is 58.2 Å². The zero-order chi connectivity index (χ0) is 27.4. The molecular weight excluding hydrogens is 498 g/mol. The van der Waals surface area contributed by atoms with Crippen LogP contribution < -0.4 is 16.0 Å². The number of hydrogen-bond acceptors (Lipinski definition) is 8. The summed E-state index contributed by atoms with van der Waals surface area (Å²) >= 11 is 0. The van der Waals surface area contributed by atoms with Gasteiger partial charge in [-0.25, -0.2) is 14.5 Å². The Hall–Kier alpha value is -3.41. The number of rotatable bonds is 11. The zero-order valence-electron chi connectivity index (χ0n) is 22.5. The smallest absolute Gasteiger partial charge is 0.228 e. The highest BCUT2D eigenvalue weighted by molar-refractivity contribution is 5.93. The van der Waals surface area contributed by atoms with Crippen LogP contribution in [0, 0.1) is 5.92 Å². The molecule has 208 valence electrons. The molecule has 0 aromatic carbocycles. The summed E-state index contributed by atoms with van der Waals surface area (Å²) in [7, 11) is 0. The van der Waals surface area contributed by atoms with Crippen molar-refractivity contribution >= 4 is 23.1 Å². The van der Waals surface area contributed by atoms with Gasteiger partial charge in [0.25, 0.3) is 0 Å². The Kier molecular flexibility index (Phi) is 8.49. The molecule has 0 spiro atoms. The zero-order valence-corrected chi connectivity index (χ0v) is 22.5. The predicted octanol–water partition coefficient (Wildman–Crippen LogP) is 2.44. The minimum Gasteiger partial charge on any atom is -0.390 e. The third kappa shape index (κ3) is 6.78. The van der Waals surface area contributed by atoms with Crippen LogP contribution >= 0.6 is 0 Å². The fourth-order valence-corrected chi connectivity index (χ4v) is 5.15. The van der Waals surface area contributed by atoms with Crippen molar-refractivity contribution in [3.63, 3.8) is 0 Å². The van der Waals surface area contributed by atoms with Crippen LogP contribution in [0.5, 0.6) is 0 Å². The molecule has 2 saturated carbocycles. The summed E-state index contributed by atoms with van der Waals surface area (Å²) in [6.07, 6.45) is 9.48. The SMILES string of the molecule is CCC(=O)NC[C@H](C)NC1CC(C(=O)Nc2cc3cc(-c4cnc(CO[C@H]5CCC[C@@H]5O)nc4)ccn3n2)C1. The van der Waals surface area contributed by atoms with Crippen molar-refractivity contribution in [3.8, 4) is 11.1 Å². The van der Waals surface area contributed by atoms with E-state index in [9.17, 15) is 14.7 Å². The van der Waals surface area contributed by atoms with Gasteiger partial charge >= 0.3 is 0 Å². The van der Waals surface area contributed by atoms with Crippen molar-refractivity contribution in [1.29, 1.82) is 0 Å². The van der Waals surface area contributed by atoms with Crippen molar-refractivity contribution in [2.75, 3.05) is 11.9 Å². The van der Waals surface area contributed by atoms with E-state index in [2.05, 4.69) is 31.0 Å². The number of aliphatic hydroxyl groups excluding tert-OH is 1. The summed E-state index contributed by atoms with van der Waals surface area (Å²) in [5.41, 5.74) is 2.66. The van der Waals surface area contributed by atoms with Gasteiger partial charge in [0.1, 0.15) is 6.61 Å². The number of fused-ring (bicyclic) bond motifs is 1. The number of nitrogens with zero attached hydrogens (tertiary/aromatic N) is 4. The molecule has 5 rings (SSSR count). The average Bonchev–Trinajstić information content (AvgIpc) is 3.52. The molecule has 0 saturated heterocycles. The highest BCUT2D eigenvalue weighted by Gasteiger charge is 2.35. The summed E-state index contributed by atoms with van der Waals surface area (Å²) in [5, 5.41) is 23.7. The third-order valence-electron chi connectivity index (χ3n) is 7.55. The van der Waals surface area contributed by atoms with Gasteiger partial charge in [0.2, 0.25) is 11.8 Å². The minimum atomic E-state index is -0.398. The lowest BCUT2D eigenvalue weighted by Crippen LogP contribution is -2.51. The Morgan fingerprint density at radius 3 is 2.69 bits per heavy atom. The summed E-state index contributed by atoms with van der Waals surface area (Å²) in [6, 6.07) is 6.19. The van der Waals surface area contributed by atoms with E-state index >= 15 is 0 Å². The van der Waals surface area contributed by atoms with Gasteiger partial charge in [-0.3, -0.25) is 9.59 Å². The van der Waals surface area contributed by atoms with Gasteiger partial charge in [0, 0.05) is 61.2 Å². The number of anilines is 1. The quantitative estimate of drug-likeness (QED) is 0.293. The van der Waals surface area contributed by atoms with Crippen LogP contribution in [0.25, 0.3) is 16.6 Å². The molecule has 2 amide bonds. The van der Waals surface area contributed by atoms with Crippen LogP contribution in [0.2, 0.25) is 0 Å². The molecule has 0 radical (unpaired) electrons. The molecule has 2 aliphatic rings. The molecule has 11 nitrogen and oxygen atoms in total. The Balaban J connectivity index is 1.11. The highest BCUT2D eigenvalue weighted by Crippen LogP contribution is 2.29. The van der Waals surface area contributed by atoms with Crippen molar-refractivity contribution in [1.82, 2.24) is 30.2 Å². The lowest BCUT2D eigenvalue weighted by Gasteiger charge is -2.36. The molecule has 39 heavy (non-hydrogen) atoms. The Morgan fingerprint density at radius 1 is 1.18 bits per heavy atom. The number of nitrogens with one attached hydrogen (secondary N) is 3. The molecule has 0 aliphatic heterocycles. The summed E-state index contributed by atoms with van der Waals surface area (Å²) < 4.78 is 7.50. The molecular formula is C28H37N7O4. The number of ether oxygens (including phenoxy) is 1. The van der Waals surface area contributed by atoms with Gasteiger partial charge in [-0.1, -0.05) is 6.92 Å². The van der Waals surface area contributed by atoms with Crippen molar-refractivity contribution < 1.29 is 19.4 Å². The van der Waals surface area contributed by atoms with E-state index in [0.29, 0.717) is 24.6 Å². The van der Waals surface area contributed by atoms with E-state index in [4.69, 9.17) is 4.74 Å². The van der Waals surface area contributed by atoms with Crippen molar-refractivity contribution in [2.45, 2.75) is 83.3 Å². The Labute approximate surface area is 227 Å². The summed E-state index contributed by atoms with van der Waals surface area (Å²) in [6.45, 7) is 4.73. The van der Waals surface area contributed by atoms with Crippen LogP contribution in [0.3, 0.4) is 0 Å². The first-order valence-corrected chi connectivity index (χ1v) is 13.8. The van der Waals surface area contributed by atoms with E-state index in [-0.39, 0.29) is 42.5 Å². The second-order valence-corrected chi connectivity index (χ2v) is 10.6. The van der Waals surface area contributed by atoms with E-state index in [1.54, 1.807) is 16.9 Å². The second-order valence-electron chi connectivity index (χ2n) is 10.6. The molecule has 3 aromatic heterocycles. The topological polar surface area (TPSA) is 143 Å².